The lowest BCUT2D eigenvalue weighted by Crippen LogP contribution is -2.13. The predicted octanol–water partition coefficient (Wildman–Crippen LogP) is 5.80. The highest BCUT2D eigenvalue weighted by molar-refractivity contribution is 7.85. The molecular weight excluding hydrogens is 355 g/mol. The number of hydrogen-bond donors (Lipinski definition) is 0. The molecule has 0 aromatic heterocycles. The molecule has 0 aliphatic heterocycles. The fourth-order valence-electron chi connectivity index (χ4n) is 2.54. The van der Waals surface area contributed by atoms with E-state index in [0.29, 0.717) is 10.0 Å². The number of benzene rings is 1. The monoisotopic (exact) mass is 380 g/mol. The Bertz CT molecular complexity index is 573. The number of hydrogen-bond acceptors (Lipinski definition) is 3. The van der Waals surface area contributed by atoms with Crippen LogP contribution in [-0.4, -0.2) is 21.3 Å². The first-order chi connectivity index (χ1) is 10.8. The molecule has 0 fully saturated rings. The molecule has 1 aromatic carbocycles. The molecule has 0 heterocycles. The fraction of sp³-hybridized carbons (Fsp3) is 0.647. The summed E-state index contributed by atoms with van der Waals surface area (Å²) in [5.74, 6) is -0.0410. The maximum absolute atomic E-state index is 11.3. The van der Waals surface area contributed by atoms with Crippen LogP contribution in [0.1, 0.15) is 63.4 Å². The van der Waals surface area contributed by atoms with Crippen LogP contribution in [0.25, 0.3) is 0 Å². The minimum Gasteiger partial charge on any atom is -0.270 e. The third-order valence-corrected chi connectivity index (χ3v) is 4.92. The molecule has 1 unspecified atom stereocenters. The van der Waals surface area contributed by atoms with Crippen LogP contribution < -0.4 is 0 Å². The van der Waals surface area contributed by atoms with Crippen LogP contribution in [0.2, 0.25) is 10.0 Å². The van der Waals surface area contributed by atoms with E-state index in [4.69, 9.17) is 27.4 Å². The van der Waals surface area contributed by atoms with Crippen molar-refractivity contribution in [2.45, 2.75) is 57.8 Å². The average Bonchev–Trinajstić information content (AvgIpc) is 2.45. The second-order valence-corrected chi connectivity index (χ2v) is 8.40. The van der Waals surface area contributed by atoms with Gasteiger partial charge in [0, 0.05) is 16.0 Å². The number of rotatable bonds is 11. The Labute approximate surface area is 150 Å². The van der Waals surface area contributed by atoms with Gasteiger partial charge in [0.2, 0.25) is 0 Å². The molecule has 0 spiro atoms. The molecular formula is C17H26Cl2O3S. The molecule has 1 atom stereocenters. The molecule has 0 saturated heterocycles. The van der Waals surface area contributed by atoms with E-state index in [1.54, 1.807) is 12.1 Å². The van der Waals surface area contributed by atoms with Gasteiger partial charge in [0.25, 0.3) is 10.1 Å². The van der Waals surface area contributed by atoms with Gasteiger partial charge in [-0.3, -0.25) is 4.18 Å². The normalized spacial score (nSPS) is 13.2. The number of unbranched alkanes of at least 4 members (excludes halogenated alkanes) is 5. The van der Waals surface area contributed by atoms with Crippen molar-refractivity contribution in [1.82, 2.24) is 0 Å². The first-order valence-electron chi connectivity index (χ1n) is 8.13. The van der Waals surface area contributed by atoms with Gasteiger partial charge in [-0.1, -0.05) is 74.7 Å². The molecule has 132 valence electrons. The molecule has 0 aliphatic rings. The first kappa shape index (κ1) is 20.8. The lowest BCUT2D eigenvalue weighted by atomic mass is 9.93. The highest BCUT2D eigenvalue weighted by atomic mass is 35.5. The summed E-state index contributed by atoms with van der Waals surface area (Å²) in [7, 11) is -3.46. The van der Waals surface area contributed by atoms with E-state index in [0.717, 1.165) is 31.1 Å². The quantitative estimate of drug-likeness (QED) is 0.359. The van der Waals surface area contributed by atoms with Crippen LogP contribution in [0.4, 0.5) is 0 Å². The Morgan fingerprint density at radius 2 is 1.74 bits per heavy atom. The molecule has 0 aliphatic carbocycles. The van der Waals surface area contributed by atoms with Gasteiger partial charge in [-0.2, -0.15) is 8.42 Å². The molecule has 1 aromatic rings. The third-order valence-electron chi connectivity index (χ3n) is 3.79. The van der Waals surface area contributed by atoms with Crippen LogP contribution in [0.3, 0.4) is 0 Å². The minimum atomic E-state index is -3.46. The smallest absolute Gasteiger partial charge is 0.264 e. The highest BCUT2D eigenvalue weighted by Gasteiger charge is 2.17. The van der Waals surface area contributed by atoms with E-state index in [1.165, 1.54) is 25.7 Å². The molecule has 0 bridgehead atoms. The summed E-state index contributed by atoms with van der Waals surface area (Å²) < 4.78 is 27.6. The van der Waals surface area contributed by atoms with E-state index in [9.17, 15) is 8.42 Å². The van der Waals surface area contributed by atoms with Gasteiger partial charge in [-0.15, -0.1) is 0 Å². The zero-order valence-corrected chi connectivity index (χ0v) is 16.2. The van der Waals surface area contributed by atoms with Gasteiger partial charge in [-0.05, 0) is 24.1 Å². The van der Waals surface area contributed by atoms with Gasteiger partial charge in [0.05, 0.1) is 12.9 Å². The summed E-state index contributed by atoms with van der Waals surface area (Å²) in [6.07, 6.45) is 9.04. The van der Waals surface area contributed by atoms with Crippen molar-refractivity contribution in [3.05, 3.63) is 33.8 Å². The lowest BCUT2D eigenvalue weighted by molar-refractivity contribution is 0.285. The highest BCUT2D eigenvalue weighted by Crippen LogP contribution is 2.31. The molecule has 3 nitrogen and oxygen atoms in total. The first-order valence-corrected chi connectivity index (χ1v) is 10.7. The van der Waals surface area contributed by atoms with Crippen LogP contribution in [0, 0.1) is 0 Å². The molecule has 1 rings (SSSR count). The molecule has 0 saturated carbocycles. The standard InChI is InChI=1S/C17H26Cl2O3S/c1-3-4-5-6-7-8-9-14(13-22-23(2,20)21)16-11-10-15(18)12-17(16)19/h10-12,14H,3-9,13H2,1-2H3. The number of halogens is 2. The summed E-state index contributed by atoms with van der Waals surface area (Å²) in [5, 5.41) is 1.13. The average molecular weight is 381 g/mol. The maximum Gasteiger partial charge on any atom is 0.264 e. The van der Waals surface area contributed by atoms with Gasteiger partial charge in [0.15, 0.2) is 0 Å². The van der Waals surface area contributed by atoms with Crippen molar-refractivity contribution in [2.75, 3.05) is 12.9 Å². The zero-order valence-electron chi connectivity index (χ0n) is 13.9. The van der Waals surface area contributed by atoms with Gasteiger partial charge >= 0.3 is 0 Å². The Balaban J connectivity index is 2.65. The van der Waals surface area contributed by atoms with Crippen molar-refractivity contribution >= 4 is 33.3 Å². The van der Waals surface area contributed by atoms with Crippen LogP contribution in [-0.2, 0) is 14.3 Å². The predicted molar refractivity (Wildman–Crippen MR) is 98.0 cm³/mol. The Morgan fingerprint density at radius 3 is 2.35 bits per heavy atom. The second-order valence-electron chi connectivity index (χ2n) is 5.91. The van der Waals surface area contributed by atoms with Crippen LogP contribution >= 0.6 is 23.2 Å². The molecule has 0 amide bonds. The Hall–Kier alpha value is -0.290. The minimum absolute atomic E-state index is 0.0410. The van der Waals surface area contributed by atoms with E-state index in [2.05, 4.69) is 6.92 Å². The zero-order chi connectivity index (χ0) is 17.3. The summed E-state index contributed by atoms with van der Waals surface area (Å²) in [6, 6.07) is 5.32. The van der Waals surface area contributed by atoms with Crippen molar-refractivity contribution in [2.24, 2.45) is 0 Å². The van der Waals surface area contributed by atoms with Crippen LogP contribution in [0.5, 0.6) is 0 Å². The largest absolute Gasteiger partial charge is 0.270 e. The summed E-state index contributed by atoms with van der Waals surface area (Å²) in [6.45, 7) is 2.32. The second kappa shape index (κ2) is 10.5. The molecule has 6 heteroatoms. The summed E-state index contributed by atoms with van der Waals surface area (Å²) >= 11 is 12.2. The van der Waals surface area contributed by atoms with E-state index in [1.807, 2.05) is 6.07 Å². The maximum atomic E-state index is 11.3. The Kier molecular flexibility index (Phi) is 9.52. The van der Waals surface area contributed by atoms with Crippen molar-refractivity contribution in [1.29, 1.82) is 0 Å². The van der Waals surface area contributed by atoms with Gasteiger partial charge in [-0.25, -0.2) is 0 Å². The topological polar surface area (TPSA) is 43.4 Å². The van der Waals surface area contributed by atoms with Crippen molar-refractivity contribution in [3.8, 4) is 0 Å². The van der Waals surface area contributed by atoms with E-state index in [-0.39, 0.29) is 12.5 Å². The van der Waals surface area contributed by atoms with E-state index < -0.39 is 10.1 Å². The SMILES string of the molecule is CCCCCCCCC(COS(C)(=O)=O)c1ccc(Cl)cc1Cl. The van der Waals surface area contributed by atoms with Gasteiger partial charge < -0.3 is 0 Å². The van der Waals surface area contributed by atoms with Crippen molar-refractivity contribution < 1.29 is 12.6 Å². The van der Waals surface area contributed by atoms with E-state index >= 15 is 0 Å². The van der Waals surface area contributed by atoms with Crippen molar-refractivity contribution in [3.63, 3.8) is 0 Å². The summed E-state index contributed by atoms with van der Waals surface area (Å²) in [4.78, 5) is 0. The van der Waals surface area contributed by atoms with Gasteiger partial charge in [0.1, 0.15) is 0 Å². The fourth-order valence-corrected chi connectivity index (χ4v) is 3.51. The Morgan fingerprint density at radius 1 is 1.09 bits per heavy atom. The summed E-state index contributed by atoms with van der Waals surface area (Å²) in [5.41, 5.74) is 0.897. The molecule has 0 radical (unpaired) electrons. The van der Waals surface area contributed by atoms with Crippen LogP contribution in [0.15, 0.2) is 18.2 Å². The third kappa shape index (κ3) is 8.94. The molecule has 0 N–H and O–H groups in total. The molecule has 23 heavy (non-hydrogen) atoms. The lowest BCUT2D eigenvalue weighted by Gasteiger charge is -2.18.